The zero-order valence-corrected chi connectivity index (χ0v) is 14.4. The van der Waals surface area contributed by atoms with Crippen LogP contribution >= 0.6 is 0 Å². The minimum absolute atomic E-state index is 0.413. The predicted octanol–water partition coefficient (Wildman–Crippen LogP) is 4.32. The number of unbranched alkanes of at least 4 members (excludes halogenated alkanes) is 6. The molecule has 1 amide bonds. The molecule has 23 heavy (non-hydrogen) atoms. The molecule has 0 bridgehead atoms. The maximum absolute atomic E-state index is 11.0. The Morgan fingerprint density at radius 3 is 2.00 bits per heavy atom. The Kier molecular flexibility index (Phi) is 11.0. The van der Waals surface area contributed by atoms with E-state index in [1.807, 2.05) is 0 Å². The summed E-state index contributed by atoms with van der Waals surface area (Å²) in [6, 6.07) is 6.95. The average molecular weight is 321 g/mol. The van der Waals surface area contributed by atoms with Crippen LogP contribution in [0.25, 0.3) is 0 Å². The van der Waals surface area contributed by atoms with Crippen molar-refractivity contribution in [1.29, 1.82) is 0 Å². The quantitative estimate of drug-likeness (QED) is 0.519. The van der Waals surface area contributed by atoms with Crippen molar-refractivity contribution in [2.75, 3.05) is 19.8 Å². The molecule has 0 fully saturated rings. The van der Waals surface area contributed by atoms with Gasteiger partial charge in [-0.25, -0.2) is 0 Å². The largest absolute Gasteiger partial charge is 0.494 e. The number of ether oxygens (including phenoxy) is 2. The van der Waals surface area contributed by atoms with E-state index in [4.69, 9.17) is 15.2 Å². The van der Waals surface area contributed by atoms with Crippen LogP contribution in [0, 0.1) is 0 Å². The number of benzene rings is 1. The second-order valence-corrected chi connectivity index (χ2v) is 5.82. The van der Waals surface area contributed by atoms with Gasteiger partial charge in [0.15, 0.2) is 0 Å². The number of primary amides is 1. The zero-order valence-electron chi connectivity index (χ0n) is 14.4. The number of nitrogens with two attached hydrogens (primary N) is 1. The lowest BCUT2D eigenvalue weighted by Crippen LogP contribution is -2.10. The smallest absolute Gasteiger partial charge is 0.248 e. The Bertz CT molecular complexity index is 417. The van der Waals surface area contributed by atoms with E-state index >= 15 is 0 Å². The zero-order chi connectivity index (χ0) is 16.8. The second kappa shape index (κ2) is 12.9. The standard InChI is InChI=1S/C19H31NO3/c1-2-3-4-7-14-22-15-8-5-6-9-16-23-18-12-10-17(11-13-18)19(20)21/h10-13H,2-9,14-16H2,1H3,(H2,20,21). The molecule has 0 atom stereocenters. The molecule has 0 saturated heterocycles. The van der Waals surface area contributed by atoms with Gasteiger partial charge in [0.2, 0.25) is 5.91 Å². The predicted molar refractivity (Wildman–Crippen MR) is 93.9 cm³/mol. The van der Waals surface area contributed by atoms with Gasteiger partial charge in [-0.15, -0.1) is 0 Å². The van der Waals surface area contributed by atoms with Crippen LogP contribution in [0.3, 0.4) is 0 Å². The van der Waals surface area contributed by atoms with Crippen LogP contribution < -0.4 is 10.5 Å². The molecule has 0 unspecified atom stereocenters. The van der Waals surface area contributed by atoms with Crippen LogP contribution in [-0.4, -0.2) is 25.7 Å². The molecule has 4 nitrogen and oxygen atoms in total. The summed E-state index contributed by atoms with van der Waals surface area (Å²) in [7, 11) is 0. The first kappa shape index (κ1) is 19.5. The maximum atomic E-state index is 11.0. The van der Waals surface area contributed by atoms with Crippen LogP contribution in [-0.2, 0) is 4.74 Å². The number of amides is 1. The van der Waals surface area contributed by atoms with E-state index in [9.17, 15) is 4.79 Å². The van der Waals surface area contributed by atoms with Crippen LogP contribution in [0.4, 0.5) is 0 Å². The summed E-state index contributed by atoms with van der Waals surface area (Å²) in [5.74, 6) is 0.370. The normalized spacial score (nSPS) is 10.7. The SMILES string of the molecule is CCCCCCOCCCCCCOc1ccc(C(N)=O)cc1. The van der Waals surface area contributed by atoms with E-state index in [2.05, 4.69) is 6.92 Å². The van der Waals surface area contributed by atoms with Gasteiger partial charge in [-0.05, 0) is 49.9 Å². The van der Waals surface area contributed by atoms with E-state index < -0.39 is 5.91 Å². The molecule has 0 spiro atoms. The summed E-state index contributed by atoms with van der Waals surface area (Å²) < 4.78 is 11.3. The van der Waals surface area contributed by atoms with Crippen molar-refractivity contribution in [3.63, 3.8) is 0 Å². The highest BCUT2D eigenvalue weighted by atomic mass is 16.5. The molecule has 1 aromatic rings. The first-order chi connectivity index (χ1) is 11.2. The van der Waals surface area contributed by atoms with Crippen LogP contribution in [0.5, 0.6) is 5.75 Å². The minimum atomic E-state index is -0.413. The van der Waals surface area contributed by atoms with Crippen molar-refractivity contribution in [3.8, 4) is 5.75 Å². The Labute approximate surface area is 140 Å². The Morgan fingerprint density at radius 2 is 1.43 bits per heavy atom. The first-order valence-corrected chi connectivity index (χ1v) is 8.84. The summed E-state index contributed by atoms with van der Waals surface area (Å²) in [5, 5.41) is 0. The second-order valence-electron chi connectivity index (χ2n) is 5.82. The van der Waals surface area contributed by atoms with E-state index in [-0.39, 0.29) is 0 Å². The third kappa shape index (κ3) is 9.95. The fraction of sp³-hybridized carbons (Fsp3) is 0.632. The summed E-state index contributed by atoms with van der Waals surface area (Å²) in [6.07, 6.45) is 9.56. The summed E-state index contributed by atoms with van der Waals surface area (Å²) in [6.45, 7) is 4.71. The van der Waals surface area contributed by atoms with Gasteiger partial charge in [0.25, 0.3) is 0 Å². The topological polar surface area (TPSA) is 61.6 Å². The minimum Gasteiger partial charge on any atom is -0.494 e. The summed E-state index contributed by atoms with van der Waals surface area (Å²) >= 11 is 0. The highest BCUT2D eigenvalue weighted by Gasteiger charge is 2.00. The highest BCUT2D eigenvalue weighted by molar-refractivity contribution is 5.92. The summed E-state index contributed by atoms with van der Waals surface area (Å²) in [4.78, 5) is 11.0. The van der Waals surface area contributed by atoms with Crippen LogP contribution in [0.15, 0.2) is 24.3 Å². The number of carbonyl (C=O) groups excluding carboxylic acids is 1. The van der Waals surface area contributed by atoms with Crippen molar-refractivity contribution < 1.29 is 14.3 Å². The molecule has 0 aliphatic carbocycles. The molecule has 4 heteroatoms. The number of carbonyl (C=O) groups is 1. The van der Waals surface area contributed by atoms with Gasteiger partial charge in [0, 0.05) is 18.8 Å². The fourth-order valence-corrected chi connectivity index (χ4v) is 2.30. The van der Waals surface area contributed by atoms with Gasteiger partial charge in [-0.2, -0.15) is 0 Å². The Hall–Kier alpha value is -1.55. The van der Waals surface area contributed by atoms with Gasteiger partial charge in [-0.1, -0.05) is 32.6 Å². The lowest BCUT2D eigenvalue weighted by molar-refractivity contribution is 0.1000. The number of rotatable bonds is 14. The molecular formula is C19H31NO3. The number of hydrogen-bond acceptors (Lipinski definition) is 3. The van der Waals surface area contributed by atoms with Crippen molar-refractivity contribution >= 4 is 5.91 Å². The molecule has 0 heterocycles. The van der Waals surface area contributed by atoms with Gasteiger partial charge >= 0.3 is 0 Å². The van der Waals surface area contributed by atoms with E-state index in [0.29, 0.717) is 12.2 Å². The van der Waals surface area contributed by atoms with E-state index in [0.717, 1.165) is 38.2 Å². The van der Waals surface area contributed by atoms with Crippen LogP contribution in [0.1, 0.15) is 68.6 Å². The molecule has 0 saturated carbocycles. The lowest BCUT2D eigenvalue weighted by Gasteiger charge is -2.07. The Morgan fingerprint density at radius 1 is 0.870 bits per heavy atom. The third-order valence-electron chi connectivity index (χ3n) is 3.73. The van der Waals surface area contributed by atoms with Crippen molar-refractivity contribution in [1.82, 2.24) is 0 Å². The summed E-state index contributed by atoms with van der Waals surface area (Å²) in [5.41, 5.74) is 5.70. The molecule has 2 N–H and O–H groups in total. The highest BCUT2D eigenvalue weighted by Crippen LogP contribution is 2.12. The molecule has 0 aliphatic heterocycles. The molecule has 130 valence electrons. The van der Waals surface area contributed by atoms with Gasteiger partial charge in [-0.3, -0.25) is 4.79 Å². The average Bonchev–Trinajstić information content (AvgIpc) is 2.56. The van der Waals surface area contributed by atoms with Gasteiger partial charge < -0.3 is 15.2 Å². The van der Waals surface area contributed by atoms with Crippen molar-refractivity contribution in [2.45, 2.75) is 58.3 Å². The third-order valence-corrected chi connectivity index (χ3v) is 3.73. The number of hydrogen-bond donors (Lipinski definition) is 1. The van der Waals surface area contributed by atoms with E-state index in [1.165, 1.54) is 32.1 Å². The maximum Gasteiger partial charge on any atom is 0.248 e. The molecule has 1 rings (SSSR count). The molecular weight excluding hydrogens is 290 g/mol. The first-order valence-electron chi connectivity index (χ1n) is 8.84. The molecule has 1 aromatic carbocycles. The molecule has 0 aromatic heterocycles. The molecule has 0 radical (unpaired) electrons. The van der Waals surface area contributed by atoms with Gasteiger partial charge in [0.1, 0.15) is 5.75 Å². The van der Waals surface area contributed by atoms with Crippen molar-refractivity contribution in [2.24, 2.45) is 5.73 Å². The molecule has 0 aliphatic rings. The van der Waals surface area contributed by atoms with Crippen molar-refractivity contribution in [3.05, 3.63) is 29.8 Å². The fourth-order valence-electron chi connectivity index (χ4n) is 2.30. The van der Waals surface area contributed by atoms with E-state index in [1.54, 1.807) is 24.3 Å². The van der Waals surface area contributed by atoms with Crippen LogP contribution in [0.2, 0.25) is 0 Å². The lowest BCUT2D eigenvalue weighted by atomic mass is 10.2. The Balaban J connectivity index is 1.90. The van der Waals surface area contributed by atoms with Gasteiger partial charge in [0.05, 0.1) is 6.61 Å². The monoisotopic (exact) mass is 321 g/mol.